The summed E-state index contributed by atoms with van der Waals surface area (Å²) in [5, 5.41) is 4.37. The summed E-state index contributed by atoms with van der Waals surface area (Å²) >= 11 is 12.3. The molecule has 1 saturated heterocycles. The molecular weight excluding hydrogens is 379 g/mol. The SMILES string of the molecule is Cc1c(CC(=O)NC2Cc3ccccc3C2N2CCCC2)ccc(Cl)c1Cl. The summed E-state index contributed by atoms with van der Waals surface area (Å²) in [6.07, 6.45) is 3.69. The zero-order chi connectivity index (χ0) is 19.0. The molecule has 4 rings (SSSR count). The molecule has 2 aromatic carbocycles. The quantitative estimate of drug-likeness (QED) is 0.801. The Morgan fingerprint density at radius 2 is 1.89 bits per heavy atom. The van der Waals surface area contributed by atoms with Crippen molar-refractivity contribution in [3.63, 3.8) is 0 Å². The summed E-state index contributed by atoms with van der Waals surface area (Å²) in [7, 11) is 0. The third-order valence-corrected chi connectivity index (χ3v) is 6.78. The topological polar surface area (TPSA) is 32.3 Å². The lowest BCUT2D eigenvalue weighted by Crippen LogP contribution is -2.44. The van der Waals surface area contributed by atoms with Gasteiger partial charge in [-0.25, -0.2) is 0 Å². The van der Waals surface area contributed by atoms with Crippen LogP contribution in [0, 0.1) is 6.92 Å². The second-order valence-corrected chi connectivity index (χ2v) is 8.37. The number of halogens is 2. The molecule has 5 heteroatoms. The summed E-state index contributed by atoms with van der Waals surface area (Å²) in [6.45, 7) is 4.13. The number of likely N-dealkylation sites (tertiary alicyclic amines) is 1. The van der Waals surface area contributed by atoms with Crippen molar-refractivity contribution in [3.8, 4) is 0 Å². The lowest BCUT2D eigenvalue weighted by Gasteiger charge is -2.30. The Labute approximate surface area is 170 Å². The molecule has 0 aromatic heterocycles. The fraction of sp³-hybridized carbons (Fsp3) is 0.409. The molecule has 0 saturated carbocycles. The first kappa shape index (κ1) is 18.8. The smallest absolute Gasteiger partial charge is 0.224 e. The molecule has 1 N–H and O–H groups in total. The van der Waals surface area contributed by atoms with E-state index in [1.54, 1.807) is 6.07 Å². The van der Waals surface area contributed by atoms with Gasteiger partial charge in [-0.05, 0) is 67.6 Å². The van der Waals surface area contributed by atoms with Gasteiger partial charge in [0.05, 0.1) is 28.5 Å². The maximum absolute atomic E-state index is 12.8. The Hall–Kier alpha value is -1.55. The summed E-state index contributed by atoms with van der Waals surface area (Å²) in [6, 6.07) is 12.6. The van der Waals surface area contributed by atoms with Gasteiger partial charge in [-0.2, -0.15) is 0 Å². The van der Waals surface area contributed by atoms with E-state index in [-0.39, 0.29) is 18.0 Å². The second kappa shape index (κ2) is 7.83. The number of fused-ring (bicyclic) bond motifs is 1. The molecule has 1 aliphatic heterocycles. The molecule has 27 heavy (non-hydrogen) atoms. The van der Waals surface area contributed by atoms with E-state index in [2.05, 4.69) is 34.5 Å². The van der Waals surface area contributed by atoms with Crippen LogP contribution in [0.15, 0.2) is 36.4 Å². The minimum absolute atomic E-state index is 0.0403. The molecule has 0 spiro atoms. The number of nitrogens with zero attached hydrogens (tertiary/aromatic N) is 1. The Bertz CT molecular complexity index is 861. The van der Waals surface area contributed by atoms with Gasteiger partial charge in [0.25, 0.3) is 0 Å². The molecule has 2 atom stereocenters. The number of benzene rings is 2. The van der Waals surface area contributed by atoms with Crippen LogP contribution in [0.1, 0.15) is 41.1 Å². The van der Waals surface area contributed by atoms with Crippen molar-refractivity contribution < 1.29 is 4.79 Å². The standard InChI is InChI=1S/C22H24Cl2N2O/c1-14-15(8-9-18(23)21(14)24)13-20(27)25-19-12-16-6-2-3-7-17(16)22(19)26-10-4-5-11-26/h2-3,6-9,19,22H,4-5,10-13H2,1H3,(H,25,27). The average Bonchev–Trinajstić information content (AvgIpc) is 3.29. The second-order valence-electron chi connectivity index (χ2n) is 7.59. The van der Waals surface area contributed by atoms with Gasteiger partial charge in [-0.1, -0.05) is 53.5 Å². The van der Waals surface area contributed by atoms with Crippen LogP contribution in [0.3, 0.4) is 0 Å². The number of hydrogen-bond acceptors (Lipinski definition) is 2. The van der Waals surface area contributed by atoms with Crippen LogP contribution in [0.25, 0.3) is 0 Å². The molecule has 1 aliphatic carbocycles. The van der Waals surface area contributed by atoms with E-state index in [1.807, 2.05) is 13.0 Å². The van der Waals surface area contributed by atoms with Crippen molar-refractivity contribution >= 4 is 29.1 Å². The van der Waals surface area contributed by atoms with Crippen molar-refractivity contribution in [1.82, 2.24) is 10.2 Å². The lowest BCUT2D eigenvalue weighted by atomic mass is 10.0. The highest BCUT2D eigenvalue weighted by Gasteiger charge is 2.38. The van der Waals surface area contributed by atoms with Gasteiger partial charge in [0.2, 0.25) is 5.91 Å². The van der Waals surface area contributed by atoms with Crippen molar-refractivity contribution in [1.29, 1.82) is 0 Å². The summed E-state index contributed by atoms with van der Waals surface area (Å²) in [4.78, 5) is 15.4. The minimum atomic E-state index is 0.0403. The monoisotopic (exact) mass is 402 g/mol. The Morgan fingerprint density at radius 3 is 2.67 bits per heavy atom. The average molecular weight is 403 g/mol. The molecule has 3 nitrogen and oxygen atoms in total. The molecule has 1 amide bonds. The van der Waals surface area contributed by atoms with Crippen LogP contribution in [0.5, 0.6) is 0 Å². The van der Waals surface area contributed by atoms with E-state index >= 15 is 0 Å². The van der Waals surface area contributed by atoms with Crippen LogP contribution >= 0.6 is 23.2 Å². The van der Waals surface area contributed by atoms with Crippen molar-refractivity contribution in [2.24, 2.45) is 0 Å². The van der Waals surface area contributed by atoms with E-state index in [1.165, 1.54) is 24.0 Å². The largest absolute Gasteiger partial charge is 0.351 e. The highest BCUT2D eigenvalue weighted by atomic mass is 35.5. The number of nitrogens with one attached hydrogen (secondary N) is 1. The summed E-state index contributed by atoms with van der Waals surface area (Å²) < 4.78 is 0. The first-order chi connectivity index (χ1) is 13.0. The predicted octanol–water partition coefficient (Wildman–Crippen LogP) is 4.72. The maximum atomic E-state index is 12.8. The van der Waals surface area contributed by atoms with Crippen LogP contribution in [-0.4, -0.2) is 29.9 Å². The van der Waals surface area contributed by atoms with Crippen LogP contribution < -0.4 is 5.32 Å². The number of hydrogen-bond donors (Lipinski definition) is 1. The van der Waals surface area contributed by atoms with Crippen molar-refractivity contribution in [2.45, 2.75) is 44.7 Å². The van der Waals surface area contributed by atoms with Crippen molar-refractivity contribution in [3.05, 3.63) is 68.7 Å². The fourth-order valence-corrected chi connectivity index (χ4v) is 4.88. The molecule has 2 aromatic rings. The van der Waals surface area contributed by atoms with Crippen LogP contribution in [-0.2, 0) is 17.6 Å². The molecule has 1 fully saturated rings. The Morgan fingerprint density at radius 1 is 1.15 bits per heavy atom. The van der Waals surface area contributed by atoms with Gasteiger partial charge < -0.3 is 5.32 Å². The predicted molar refractivity (Wildman–Crippen MR) is 111 cm³/mol. The van der Waals surface area contributed by atoms with E-state index < -0.39 is 0 Å². The molecule has 0 radical (unpaired) electrons. The molecule has 142 valence electrons. The Kier molecular flexibility index (Phi) is 5.45. The van der Waals surface area contributed by atoms with Gasteiger partial charge in [-0.3, -0.25) is 9.69 Å². The van der Waals surface area contributed by atoms with Gasteiger partial charge in [0.15, 0.2) is 0 Å². The zero-order valence-corrected chi connectivity index (χ0v) is 17.0. The van der Waals surface area contributed by atoms with Crippen LogP contribution in [0.2, 0.25) is 10.0 Å². The Balaban J connectivity index is 1.51. The van der Waals surface area contributed by atoms with Crippen LogP contribution in [0.4, 0.5) is 0 Å². The van der Waals surface area contributed by atoms with Gasteiger partial charge in [-0.15, -0.1) is 0 Å². The van der Waals surface area contributed by atoms with Gasteiger partial charge in [0, 0.05) is 0 Å². The molecular formula is C22H24Cl2N2O. The van der Waals surface area contributed by atoms with E-state index in [4.69, 9.17) is 23.2 Å². The molecule has 2 unspecified atom stereocenters. The summed E-state index contributed by atoms with van der Waals surface area (Å²) in [5.41, 5.74) is 4.53. The molecule has 0 bridgehead atoms. The number of carbonyl (C=O) groups excluding carboxylic acids is 1. The maximum Gasteiger partial charge on any atom is 0.224 e. The first-order valence-electron chi connectivity index (χ1n) is 9.59. The third-order valence-electron chi connectivity index (χ3n) is 5.88. The van der Waals surface area contributed by atoms with Gasteiger partial charge in [0.1, 0.15) is 0 Å². The number of rotatable bonds is 4. The molecule has 2 aliphatic rings. The van der Waals surface area contributed by atoms with E-state index in [0.29, 0.717) is 16.5 Å². The minimum Gasteiger partial charge on any atom is -0.351 e. The number of carbonyl (C=O) groups is 1. The lowest BCUT2D eigenvalue weighted by molar-refractivity contribution is -0.121. The fourth-order valence-electron chi connectivity index (χ4n) is 4.49. The van der Waals surface area contributed by atoms with Crippen molar-refractivity contribution in [2.75, 3.05) is 13.1 Å². The molecule has 1 heterocycles. The van der Waals surface area contributed by atoms with E-state index in [0.717, 1.165) is 30.6 Å². The first-order valence-corrected chi connectivity index (χ1v) is 10.3. The highest BCUT2D eigenvalue weighted by Crippen LogP contribution is 2.37. The van der Waals surface area contributed by atoms with Gasteiger partial charge >= 0.3 is 0 Å². The summed E-state index contributed by atoms with van der Waals surface area (Å²) in [5.74, 6) is 0.0403. The third kappa shape index (κ3) is 3.73. The highest BCUT2D eigenvalue weighted by molar-refractivity contribution is 6.42. The normalized spacial score (nSPS) is 22.0. The van der Waals surface area contributed by atoms with E-state index in [9.17, 15) is 4.79 Å². The number of amides is 1. The zero-order valence-electron chi connectivity index (χ0n) is 15.5.